The molecule has 0 unspecified atom stereocenters. The number of hydrogen-bond donors (Lipinski definition) is 1. The maximum atomic E-state index is 13.3. The molecule has 33 heavy (non-hydrogen) atoms. The lowest BCUT2D eigenvalue weighted by atomic mass is 9.95. The molecular weight excluding hydrogens is 433 g/mol. The number of para-hydroxylation sites is 1. The first kappa shape index (κ1) is 24.3. The number of anilines is 1. The van der Waals surface area contributed by atoms with E-state index < -0.39 is 18.6 Å². The van der Waals surface area contributed by atoms with Crippen molar-refractivity contribution in [3.05, 3.63) is 77.2 Å². The fourth-order valence-electron chi connectivity index (χ4n) is 3.36. The van der Waals surface area contributed by atoms with Crippen LogP contribution in [0, 0.1) is 5.82 Å². The van der Waals surface area contributed by atoms with Crippen molar-refractivity contribution in [2.75, 3.05) is 18.6 Å². The molecule has 0 bridgehead atoms. The molecule has 0 saturated heterocycles. The Hall–Kier alpha value is -3.39. The Morgan fingerprint density at radius 3 is 2.42 bits per heavy atom. The van der Waals surface area contributed by atoms with Gasteiger partial charge in [-0.15, -0.1) is 0 Å². The minimum Gasteiger partial charge on any atom is -0.487 e. The highest BCUT2D eigenvalue weighted by atomic mass is 19.3. The second kappa shape index (κ2) is 10.0. The molecule has 3 rings (SSSR count). The maximum Gasteiger partial charge on any atom is 0.272 e. The zero-order chi connectivity index (χ0) is 24.2. The zero-order valence-corrected chi connectivity index (χ0v) is 18.6. The van der Waals surface area contributed by atoms with Gasteiger partial charge in [-0.1, -0.05) is 12.1 Å². The van der Waals surface area contributed by atoms with Gasteiger partial charge in [-0.2, -0.15) is 0 Å². The smallest absolute Gasteiger partial charge is 0.272 e. The topological polar surface area (TPSA) is 62.7 Å². The molecule has 0 saturated carbocycles. The summed E-state index contributed by atoms with van der Waals surface area (Å²) in [4.78, 5) is 18.5. The summed E-state index contributed by atoms with van der Waals surface area (Å²) in [5.74, 6) is -0.191. The van der Waals surface area contributed by atoms with Crippen molar-refractivity contribution < 1.29 is 27.8 Å². The van der Waals surface area contributed by atoms with E-state index in [0.717, 1.165) is 0 Å². The molecule has 0 radical (unpaired) electrons. The van der Waals surface area contributed by atoms with Crippen molar-refractivity contribution in [3.63, 3.8) is 0 Å². The number of ether oxygens (including phenoxy) is 1. The van der Waals surface area contributed by atoms with Gasteiger partial charge in [0, 0.05) is 36.0 Å². The van der Waals surface area contributed by atoms with E-state index in [1.54, 1.807) is 48.3 Å². The van der Waals surface area contributed by atoms with Crippen LogP contribution in [0.15, 0.2) is 54.6 Å². The molecule has 1 aromatic heterocycles. The third-order valence-corrected chi connectivity index (χ3v) is 5.08. The highest BCUT2D eigenvalue weighted by Crippen LogP contribution is 2.35. The lowest BCUT2D eigenvalue weighted by molar-refractivity contribution is 0.0738. The third-order valence-electron chi connectivity index (χ3n) is 5.08. The van der Waals surface area contributed by atoms with Crippen LogP contribution in [0.25, 0.3) is 11.3 Å². The highest BCUT2D eigenvalue weighted by Gasteiger charge is 2.25. The van der Waals surface area contributed by atoms with E-state index in [-0.39, 0.29) is 29.4 Å². The van der Waals surface area contributed by atoms with Crippen molar-refractivity contribution in [3.8, 4) is 17.0 Å². The maximum absolute atomic E-state index is 13.3. The predicted molar refractivity (Wildman–Crippen MR) is 120 cm³/mol. The molecule has 1 N–H and O–H groups in total. The van der Waals surface area contributed by atoms with Gasteiger partial charge >= 0.3 is 0 Å². The largest absolute Gasteiger partial charge is 0.487 e. The number of hydrogen-bond acceptors (Lipinski definition) is 5. The average Bonchev–Trinajstić information content (AvgIpc) is 2.77. The van der Waals surface area contributed by atoms with Gasteiger partial charge in [-0.3, -0.25) is 4.79 Å². The van der Waals surface area contributed by atoms with E-state index >= 15 is 0 Å². The van der Waals surface area contributed by atoms with Crippen LogP contribution in [0.5, 0.6) is 5.75 Å². The molecule has 1 heterocycles. The first-order valence-corrected chi connectivity index (χ1v) is 10.3. The summed E-state index contributed by atoms with van der Waals surface area (Å²) < 4.78 is 44.3. The Labute approximate surface area is 190 Å². The third kappa shape index (κ3) is 5.90. The number of halogens is 3. The van der Waals surface area contributed by atoms with Gasteiger partial charge in [-0.25, -0.2) is 18.2 Å². The van der Waals surface area contributed by atoms with Crippen molar-refractivity contribution >= 4 is 12.0 Å². The molecule has 174 valence electrons. The van der Waals surface area contributed by atoms with Crippen LogP contribution in [0.4, 0.5) is 18.9 Å². The van der Waals surface area contributed by atoms with Gasteiger partial charge in [0.25, 0.3) is 6.43 Å². The molecule has 3 aromatic rings. The number of aliphatic hydroxyl groups is 1. The van der Waals surface area contributed by atoms with Gasteiger partial charge in [0.2, 0.25) is 0 Å². The molecule has 0 atom stereocenters. The van der Waals surface area contributed by atoms with Crippen molar-refractivity contribution in [1.82, 2.24) is 4.98 Å². The van der Waals surface area contributed by atoms with E-state index in [4.69, 9.17) is 4.74 Å². The fourth-order valence-corrected chi connectivity index (χ4v) is 3.36. The van der Waals surface area contributed by atoms with Crippen LogP contribution >= 0.6 is 0 Å². The number of pyridine rings is 1. The van der Waals surface area contributed by atoms with Crippen molar-refractivity contribution in [2.45, 2.75) is 32.4 Å². The summed E-state index contributed by atoms with van der Waals surface area (Å²) in [6, 6.07) is 13.9. The van der Waals surface area contributed by atoms with Gasteiger partial charge in [0.05, 0.1) is 11.4 Å². The lowest BCUT2D eigenvalue weighted by Crippen LogP contribution is -2.22. The van der Waals surface area contributed by atoms with Crippen LogP contribution < -0.4 is 9.64 Å². The Morgan fingerprint density at radius 1 is 1.15 bits per heavy atom. The Bertz CT molecular complexity index is 1110. The molecule has 0 amide bonds. The average molecular weight is 458 g/mol. The normalized spacial score (nSPS) is 11.5. The van der Waals surface area contributed by atoms with Gasteiger partial charge < -0.3 is 14.7 Å². The molecule has 0 aliphatic rings. The quantitative estimate of drug-likeness (QED) is 0.446. The van der Waals surface area contributed by atoms with Crippen LogP contribution in [0.3, 0.4) is 0 Å². The van der Waals surface area contributed by atoms with Crippen molar-refractivity contribution in [2.24, 2.45) is 0 Å². The van der Waals surface area contributed by atoms with E-state index in [1.807, 2.05) is 0 Å². The van der Waals surface area contributed by atoms with Gasteiger partial charge in [0.15, 0.2) is 6.29 Å². The first-order valence-electron chi connectivity index (χ1n) is 10.3. The number of carbonyl (C=O) groups is 1. The van der Waals surface area contributed by atoms with Crippen LogP contribution in [0.1, 0.15) is 35.5 Å². The Morgan fingerprint density at radius 2 is 1.82 bits per heavy atom. The summed E-state index contributed by atoms with van der Waals surface area (Å²) in [7, 11) is 1.77. The first-order chi connectivity index (χ1) is 15.6. The number of aromatic nitrogens is 1. The van der Waals surface area contributed by atoms with E-state index in [1.165, 1.54) is 32.0 Å². The zero-order valence-electron chi connectivity index (χ0n) is 18.6. The fraction of sp³-hybridized carbons (Fsp3) is 0.280. The minimum atomic E-state index is -2.66. The second-order valence-corrected chi connectivity index (χ2v) is 8.13. The minimum absolute atomic E-state index is 0.181. The molecule has 8 heteroatoms. The van der Waals surface area contributed by atoms with Crippen molar-refractivity contribution in [1.29, 1.82) is 0 Å². The summed E-state index contributed by atoms with van der Waals surface area (Å²) in [6.45, 7) is 2.49. The number of aldehydes is 1. The SMILES string of the molecule is CN(Cc1c(C=O)cc(C(C)(C)O)nc1-c1ccccc1OCC(F)F)c1ccc(F)cc1. The summed E-state index contributed by atoms with van der Waals surface area (Å²) >= 11 is 0. The number of carbonyl (C=O) groups excluding carboxylic acids is 1. The van der Waals surface area contributed by atoms with Crippen LogP contribution in [0.2, 0.25) is 0 Å². The summed E-state index contributed by atoms with van der Waals surface area (Å²) in [5, 5.41) is 10.5. The van der Waals surface area contributed by atoms with Gasteiger partial charge in [0.1, 0.15) is 23.8 Å². The monoisotopic (exact) mass is 458 g/mol. The van der Waals surface area contributed by atoms with E-state index in [9.17, 15) is 23.1 Å². The van der Waals surface area contributed by atoms with E-state index in [0.29, 0.717) is 28.8 Å². The standard InChI is InChI=1S/C25H25F3N2O3/c1-25(2,32)22-12-16(14-31)20(13-30(3)18-10-8-17(26)9-11-18)24(29-22)19-6-4-5-7-21(19)33-15-23(27)28/h4-12,14,23,32H,13,15H2,1-3H3. The van der Waals surface area contributed by atoms with E-state index in [2.05, 4.69) is 4.98 Å². The predicted octanol–water partition coefficient (Wildman–Crippen LogP) is 5.21. The number of nitrogens with zero attached hydrogens (tertiary/aromatic N) is 2. The molecule has 5 nitrogen and oxygen atoms in total. The molecule has 0 aliphatic heterocycles. The summed E-state index contributed by atoms with van der Waals surface area (Å²) in [6.07, 6.45) is -2.00. The number of rotatable bonds is 9. The molecule has 2 aromatic carbocycles. The highest BCUT2D eigenvalue weighted by molar-refractivity contribution is 5.83. The van der Waals surface area contributed by atoms with Crippen LogP contribution in [-0.4, -0.2) is 36.5 Å². The molecule has 0 fully saturated rings. The number of alkyl halides is 2. The summed E-state index contributed by atoms with van der Waals surface area (Å²) in [5.41, 5.74) is 1.13. The molecule has 0 aliphatic carbocycles. The molecule has 0 spiro atoms. The Balaban J connectivity index is 2.17. The second-order valence-electron chi connectivity index (χ2n) is 8.13. The Kier molecular flexibility index (Phi) is 7.38. The number of benzene rings is 2. The lowest BCUT2D eigenvalue weighted by Gasteiger charge is -2.25. The van der Waals surface area contributed by atoms with Gasteiger partial charge in [-0.05, 0) is 56.3 Å². The van der Waals surface area contributed by atoms with Crippen LogP contribution in [-0.2, 0) is 12.1 Å². The molecular formula is C25H25F3N2O3.